The molecule has 1 rings (SSSR count). The summed E-state index contributed by atoms with van der Waals surface area (Å²) in [5.74, 6) is -1.98. The Bertz CT molecular complexity index is 270. The van der Waals surface area contributed by atoms with E-state index in [0.29, 0.717) is 0 Å². The zero-order valence-electron chi connectivity index (χ0n) is 7.06. The monoisotopic (exact) mass is 186 g/mol. The molecular weight excluding hydrogens is 176 g/mol. The molecule has 2 atom stereocenters. The fraction of sp³-hybridized carbons (Fsp3) is 0.500. The summed E-state index contributed by atoms with van der Waals surface area (Å²) in [6.07, 6.45) is 0.424. The molecule has 1 aliphatic heterocycles. The maximum Gasteiger partial charge on any atom is 0.351 e. The molecule has 0 spiro atoms. The molecule has 0 amide bonds. The number of rotatable bonds is 2. The molecule has 72 valence electrons. The zero-order chi connectivity index (χ0) is 10.1. The van der Waals surface area contributed by atoms with E-state index < -0.39 is 23.5 Å². The number of hydrogen-bond donors (Lipinski definition) is 2. The summed E-state index contributed by atoms with van der Waals surface area (Å²) in [5.41, 5.74) is -1.81. The average Bonchev–Trinajstić information content (AvgIpc) is 2.09. The number of carboxylic acid groups (broad SMARTS) is 1. The lowest BCUT2D eigenvalue weighted by atomic mass is 9.89. The third-order valence-corrected chi connectivity index (χ3v) is 2.11. The normalized spacial score (nSPS) is 32.8. The molecule has 5 nitrogen and oxygen atoms in total. The van der Waals surface area contributed by atoms with Crippen molar-refractivity contribution in [2.24, 2.45) is 0 Å². The van der Waals surface area contributed by atoms with Crippen molar-refractivity contribution in [3.05, 3.63) is 12.3 Å². The van der Waals surface area contributed by atoms with Crippen LogP contribution in [0.1, 0.15) is 13.3 Å². The lowest BCUT2D eigenvalue weighted by Crippen LogP contribution is -2.55. The van der Waals surface area contributed by atoms with Crippen LogP contribution in [0.2, 0.25) is 0 Å². The molecule has 2 unspecified atom stereocenters. The van der Waals surface area contributed by atoms with Gasteiger partial charge in [0.05, 0.1) is 6.26 Å². The molecule has 1 heterocycles. The lowest BCUT2D eigenvalue weighted by molar-refractivity contribution is -0.178. The van der Waals surface area contributed by atoms with Crippen LogP contribution in [0.4, 0.5) is 0 Å². The fourth-order valence-corrected chi connectivity index (χ4v) is 1.20. The smallest absolute Gasteiger partial charge is 0.351 e. The minimum Gasteiger partial charge on any atom is -0.480 e. The summed E-state index contributed by atoms with van der Waals surface area (Å²) in [6.45, 7) is 1.53. The van der Waals surface area contributed by atoms with Gasteiger partial charge in [0.1, 0.15) is 0 Å². The second-order valence-corrected chi connectivity index (χ2v) is 2.77. The number of ketones is 1. The summed E-state index contributed by atoms with van der Waals surface area (Å²) in [5, 5.41) is 18.2. The summed E-state index contributed by atoms with van der Waals surface area (Å²) in [7, 11) is 0. The minimum atomic E-state index is -1.81. The van der Waals surface area contributed by atoms with Crippen LogP contribution in [0, 0.1) is 0 Å². The molecule has 0 fully saturated rings. The number of ether oxygens (including phenoxy) is 1. The molecule has 0 aromatic rings. The Labute approximate surface area is 74.6 Å². The number of carbonyl (C=O) groups is 2. The largest absolute Gasteiger partial charge is 0.480 e. The van der Waals surface area contributed by atoms with Gasteiger partial charge in [0.15, 0.2) is 11.9 Å². The fourth-order valence-electron chi connectivity index (χ4n) is 1.20. The van der Waals surface area contributed by atoms with Crippen molar-refractivity contribution in [2.75, 3.05) is 0 Å². The first-order chi connectivity index (χ1) is 6.04. The SMILES string of the molecule is CCC1(C(=O)O)OC=CC(=O)C1O. The van der Waals surface area contributed by atoms with Crippen LogP contribution >= 0.6 is 0 Å². The van der Waals surface area contributed by atoms with E-state index in [0.717, 1.165) is 12.3 Å². The Morgan fingerprint density at radius 1 is 1.77 bits per heavy atom. The van der Waals surface area contributed by atoms with Crippen LogP contribution < -0.4 is 0 Å². The maximum atomic E-state index is 11.0. The van der Waals surface area contributed by atoms with E-state index in [9.17, 15) is 14.7 Å². The van der Waals surface area contributed by atoms with Crippen molar-refractivity contribution in [2.45, 2.75) is 25.0 Å². The van der Waals surface area contributed by atoms with Gasteiger partial charge in [-0.25, -0.2) is 4.79 Å². The van der Waals surface area contributed by atoms with Gasteiger partial charge in [-0.15, -0.1) is 0 Å². The molecule has 0 radical (unpaired) electrons. The van der Waals surface area contributed by atoms with Gasteiger partial charge in [-0.05, 0) is 6.42 Å². The van der Waals surface area contributed by atoms with Crippen LogP contribution in [0.3, 0.4) is 0 Å². The molecule has 0 saturated carbocycles. The van der Waals surface area contributed by atoms with E-state index in [-0.39, 0.29) is 6.42 Å². The second kappa shape index (κ2) is 3.18. The lowest BCUT2D eigenvalue weighted by Gasteiger charge is -2.33. The van der Waals surface area contributed by atoms with Crippen molar-refractivity contribution in [1.82, 2.24) is 0 Å². The van der Waals surface area contributed by atoms with Gasteiger partial charge in [0, 0.05) is 6.08 Å². The van der Waals surface area contributed by atoms with Crippen LogP contribution in [-0.4, -0.2) is 33.7 Å². The Hall–Kier alpha value is -1.36. The molecule has 0 aromatic heterocycles. The van der Waals surface area contributed by atoms with Gasteiger partial charge < -0.3 is 14.9 Å². The van der Waals surface area contributed by atoms with Gasteiger partial charge in [-0.3, -0.25) is 4.79 Å². The molecule has 5 heteroatoms. The summed E-state index contributed by atoms with van der Waals surface area (Å²) in [6, 6.07) is 0. The van der Waals surface area contributed by atoms with Crippen LogP contribution in [0.15, 0.2) is 12.3 Å². The number of hydrogen-bond acceptors (Lipinski definition) is 4. The van der Waals surface area contributed by atoms with E-state index >= 15 is 0 Å². The molecule has 13 heavy (non-hydrogen) atoms. The topological polar surface area (TPSA) is 83.8 Å². The molecular formula is C8H10O5. The molecule has 0 bridgehead atoms. The molecule has 0 aromatic carbocycles. The summed E-state index contributed by atoms with van der Waals surface area (Å²) >= 11 is 0. The highest BCUT2D eigenvalue weighted by Gasteiger charge is 2.50. The van der Waals surface area contributed by atoms with Gasteiger partial charge >= 0.3 is 5.97 Å². The first-order valence-electron chi connectivity index (χ1n) is 3.84. The Morgan fingerprint density at radius 3 is 2.77 bits per heavy atom. The third-order valence-electron chi connectivity index (χ3n) is 2.11. The molecule has 1 aliphatic rings. The van der Waals surface area contributed by atoms with E-state index in [1.54, 1.807) is 0 Å². The molecule has 2 N–H and O–H groups in total. The van der Waals surface area contributed by atoms with E-state index in [1.807, 2.05) is 0 Å². The summed E-state index contributed by atoms with van der Waals surface area (Å²) in [4.78, 5) is 21.8. The predicted octanol–water partition coefficient (Wildman–Crippen LogP) is -0.306. The van der Waals surface area contributed by atoms with E-state index in [1.165, 1.54) is 6.92 Å². The van der Waals surface area contributed by atoms with Crippen LogP contribution in [0.5, 0.6) is 0 Å². The summed E-state index contributed by atoms with van der Waals surface area (Å²) < 4.78 is 4.81. The quantitative estimate of drug-likeness (QED) is 0.618. The highest BCUT2D eigenvalue weighted by Crippen LogP contribution is 2.25. The first kappa shape index (κ1) is 9.73. The van der Waals surface area contributed by atoms with Crippen molar-refractivity contribution in [3.8, 4) is 0 Å². The van der Waals surface area contributed by atoms with Crippen LogP contribution in [0.25, 0.3) is 0 Å². The number of carbonyl (C=O) groups excluding carboxylic acids is 1. The van der Waals surface area contributed by atoms with Crippen molar-refractivity contribution in [1.29, 1.82) is 0 Å². The van der Waals surface area contributed by atoms with Crippen molar-refractivity contribution < 1.29 is 24.5 Å². The van der Waals surface area contributed by atoms with Crippen LogP contribution in [-0.2, 0) is 14.3 Å². The Kier molecular flexibility index (Phi) is 2.38. The number of aliphatic carboxylic acids is 1. The molecule has 0 aliphatic carbocycles. The highest BCUT2D eigenvalue weighted by atomic mass is 16.5. The second-order valence-electron chi connectivity index (χ2n) is 2.77. The minimum absolute atomic E-state index is 0.0274. The Balaban J connectivity index is 3.06. The van der Waals surface area contributed by atoms with Gasteiger partial charge in [-0.1, -0.05) is 6.92 Å². The van der Waals surface area contributed by atoms with Crippen molar-refractivity contribution in [3.63, 3.8) is 0 Å². The molecule has 0 saturated heterocycles. The first-order valence-corrected chi connectivity index (χ1v) is 3.84. The predicted molar refractivity (Wildman–Crippen MR) is 41.9 cm³/mol. The van der Waals surface area contributed by atoms with Gasteiger partial charge in [0.2, 0.25) is 5.60 Å². The maximum absolute atomic E-state index is 11.0. The number of aliphatic hydroxyl groups is 1. The van der Waals surface area contributed by atoms with Gasteiger partial charge in [0.25, 0.3) is 0 Å². The van der Waals surface area contributed by atoms with Gasteiger partial charge in [-0.2, -0.15) is 0 Å². The van der Waals surface area contributed by atoms with E-state index in [2.05, 4.69) is 0 Å². The number of aliphatic hydroxyl groups excluding tert-OH is 1. The number of carboxylic acids is 1. The standard InChI is InChI=1S/C8H10O5/c1-2-8(7(11)12)6(10)5(9)3-4-13-8/h3-4,6,10H,2H2,1H3,(H,11,12). The third kappa shape index (κ3) is 1.31. The zero-order valence-corrected chi connectivity index (χ0v) is 7.06. The van der Waals surface area contributed by atoms with Crippen molar-refractivity contribution >= 4 is 11.8 Å². The average molecular weight is 186 g/mol. The Morgan fingerprint density at radius 2 is 2.38 bits per heavy atom. The van der Waals surface area contributed by atoms with E-state index in [4.69, 9.17) is 9.84 Å². The highest BCUT2D eigenvalue weighted by molar-refractivity contribution is 5.99.